The van der Waals surface area contributed by atoms with Gasteiger partial charge in [0.05, 0.1) is 6.10 Å². The van der Waals surface area contributed by atoms with Gasteiger partial charge in [-0.3, -0.25) is 0 Å². The Labute approximate surface area is 219 Å². The summed E-state index contributed by atoms with van der Waals surface area (Å²) in [5.74, 6) is 1.70. The Balaban J connectivity index is 1.46. The van der Waals surface area contributed by atoms with Crippen molar-refractivity contribution >= 4 is 0 Å². The molecule has 36 heavy (non-hydrogen) atoms. The third-order valence-electron chi connectivity index (χ3n) is 6.92. The van der Waals surface area contributed by atoms with E-state index in [2.05, 4.69) is 79.3 Å². The summed E-state index contributed by atoms with van der Waals surface area (Å²) in [5, 5.41) is 0. The summed E-state index contributed by atoms with van der Waals surface area (Å²) in [4.78, 5) is 9.28. The summed E-state index contributed by atoms with van der Waals surface area (Å²) in [5.41, 5.74) is 4.60. The number of unbranched alkanes of at least 4 members (excludes halogenated alkanes) is 9. The Morgan fingerprint density at radius 1 is 0.611 bits per heavy atom. The van der Waals surface area contributed by atoms with Crippen molar-refractivity contribution in [3.05, 3.63) is 66.5 Å². The fourth-order valence-corrected chi connectivity index (χ4v) is 4.61. The van der Waals surface area contributed by atoms with Crippen LogP contribution in [-0.4, -0.2) is 16.1 Å². The van der Waals surface area contributed by atoms with Crippen LogP contribution in [0, 0.1) is 0 Å². The lowest BCUT2D eigenvalue weighted by Crippen LogP contribution is -2.11. The van der Waals surface area contributed by atoms with Crippen molar-refractivity contribution in [3.63, 3.8) is 0 Å². The second-order valence-corrected chi connectivity index (χ2v) is 10.2. The first kappa shape index (κ1) is 27.9. The minimum Gasteiger partial charge on any atom is -0.491 e. The molecule has 0 aliphatic heterocycles. The molecule has 0 saturated carbocycles. The molecule has 0 aliphatic rings. The van der Waals surface area contributed by atoms with Crippen LogP contribution in [0.1, 0.15) is 103 Å². The fraction of sp³-hybridized carbons (Fsp3) is 0.515. The molecule has 1 atom stereocenters. The number of aromatic nitrogens is 2. The van der Waals surface area contributed by atoms with E-state index >= 15 is 0 Å². The molecular weight excluding hydrogens is 440 g/mol. The summed E-state index contributed by atoms with van der Waals surface area (Å²) in [7, 11) is 0. The van der Waals surface area contributed by atoms with Crippen molar-refractivity contribution in [1.82, 2.24) is 9.97 Å². The zero-order valence-corrected chi connectivity index (χ0v) is 22.8. The van der Waals surface area contributed by atoms with Crippen LogP contribution in [0.4, 0.5) is 0 Å². The number of hydrogen-bond acceptors (Lipinski definition) is 3. The number of benzene rings is 2. The van der Waals surface area contributed by atoms with E-state index in [4.69, 9.17) is 4.74 Å². The minimum absolute atomic E-state index is 0.247. The van der Waals surface area contributed by atoms with Crippen LogP contribution in [0.5, 0.6) is 5.75 Å². The van der Waals surface area contributed by atoms with Gasteiger partial charge < -0.3 is 4.74 Å². The van der Waals surface area contributed by atoms with Crippen LogP contribution < -0.4 is 4.74 Å². The van der Waals surface area contributed by atoms with Gasteiger partial charge in [-0.1, -0.05) is 108 Å². The molecule has 3 nitrogen and oxygen atoms in total. The van der Waals surface area contributed by atoms with Crippen LogP contribution in [0.15, 0.2) is 60.9 Å². The Morgan fingerprint density at radius 2 is 1.17 bits per heavy atom. The molecule has 1 aromatic heterocycles. The molecule has 3 aromatic rings. The second kappa shape index (κ2) is 16.1. The monoisotopic (exact) mass is 486 g/mol. The zero-order valence-electron chi connectivity index (χ0n) is 22.8. The SMILES string of the molecule is CCCCCCCCc1ccc(-c2ncc(-c3ccc(O[C@@H](C)CCCCCCC)cc3)cn2)cc1. The number of aryl methyl sites for hydroxylation is 1. The number of nitrogens with zero attached hydrogens (tertiary/aromatic N) is 2. The molecule has 0 saturated heterocycles. The maximum Gasteiger partial charge on any atom is 0.159 e. The topological polar surface area (TPSA) is 35.0 Å². The minimum atomic E-state index is 0.247. The molecule has 3 heteroatoms. The van der Waals surface area contributed by atoms with Gasteiger partial charge in [-0.25, -0.2) is 9.97 Å². The molecule has 0 aliphatic carbocycles. The third kappa shape index (κ3) is 9.76. The Bertz CT molecular complexity index is 964. The smallest absolute Gasteiger partial charge is 0.159 e. The first-order valence-electron chi connectivity index (χ1n) is 14.4. The van der Waals surface area contributed by atoms with Gasteiger partial charge >= 0.3 is 0 Å². The highest BCUT2D eigenvalue weighted by Gasteiger charge is 2.07. The lowest BCUT2D eigenvalue weighted by Gasteiger charge is -2.15. The Morgan fingerprint density at radius 3 is 1.81 bits per heavy atom. The van der Waals surface area contributed by atoms with Gasteiger partial charge in [0.1, 0.15) is 5.75 Å². The Hall–Kier alpha value is -2.68. The average Bonchev–Trinajstić information content (AvgIpc) is 2.91. The molecular formula is C33H46N2O. The molecule has 1 heterocycles. The molecule has 0 N–H and O–H groups in total. The van der Waals surface area contributed by atoms with E-state index in [1.807, 2.05) is 12.4 Å². The third-order valence-corrected chi connectivity index (χ3v) is 6.92. The van der Waals surface area contributed by atoms with Crippen molar-refractivity contribution in [2.24, 2.45) is 0 Å². The fourth-order valence-electron chi connectivity index (χ4n) is 4.61. The highest BCUT2D eigenvalue weighted by atomic mass is 16.5. The zero-order chi connectivity index (χ0) is 25.4. The van der Waals surface area contributed by atoms with Gasteiger partial charge in [-0.05, 0) is 55.9 Å². The largest absolute Gasteiger partial charge is 0.491 e. The first-order valence-corrected chi connectivity index (χ1v) is 14.4. The standard InChI is InChI=1S/C33H46N2O/c1-4-6-8-10-12-14-16-28-17-19-30(20-18-28)33-34-25-31(26-35-33)29-21-23-32(24-22-29)36-27(3)15-13-11-9-7-5-2/h17-27H,4-16H2,1-3H3/t27-/m0/s1. The number of hydrogen-bond donors (Lipinski definition) is 0. The molecule has 0 unspecified atom stereocenters. The van der Waals surface area contributed by atoms with Crippen LogP contribution in [0.2, 0.25) is 0 Å². The predicted molar refractivity (Wildman–Crippen MR) is 153 cm³/mol. The number of ether oxygens (including phenoxy) is 1. The van der Waals surface area contributed by atoms with E-state index in [9.17, 15) is 0 Å². The van der Waals surface area contributed by atoms with Crippen LogP contribution in [-0.2, 0) is 6.42 Å². The maximum atomic E-state index is 6.11. The quantitative estimate of drug-likeness (QED) is 0.178. The van der Waals surface area contributed by atoms with E-state index in [0.717, 1.165) is 41.1 Å². The summed E-state index contributed by atoms with van der Waals surface area (Å²) in [6, 6.07) is 17.1. The van der Waals surface area contributed by atoms with Crippen molar-refractivity contribution in [2.45, 2.75) is 110 Å². The second-order valence-electron chi connectivity index (χ2n) is 10.2. The van der Waals surface area contributed by atoms with Crippen molar-refractivity contribution < 1.29 is 4.74 Å². The summed E-state index contributed by atoms with van der Waals surface area (Å²) in [6.07, 6.45) is 20.9. The average molecular weight is 487 g/mol. The lowest BCUT2D eigenvalue weighted by molar-refractivity contribution is 0.206. The molecule has 0 fully saturated rings. The molecule has 0 radical (unpaired) electrons. The predicted octanol–water partition coefficient (Wildman–Crippen LogP) is 9.84. The highest BCUT2D eigenvalue weighted by molar-refractivity contribution is 5.64. The van der Waals surface area contributed by atoms with Gasteiger partial charge in [0.15, 0.2) is 5.82 Å². The van der Waals surface area contributed by atoms with Gasteiger partial charge in [0, 0.05) is 23.5 Å². The van der Waals surface area contributed by atoms with Gasteiger partial charge in [0.2, 0.25) is 0 Å². The van der Waals surface area contributed by atoms with Crippen molar-refractivity contribution in [2.75, 3.05) is 0 Å². The molecule has 3 rings (SSSR count). The van der Waals surface area contributed by atoms with E-state index in [-0.39, 0.29) is 6.10 Å². The molecule has 0 amide bonds. The molecule has 0 bridgehead atoms. The van der Waals surface area contributed by atoms with Gasteiger partial charge in [-0.2, -0.15) is 0 Å². The summed E-state index contributed by atoms with van der Waals surface area (Å²) in [6.45, 7) is 6.69. The van der Waals surface area contributed by atoms with E-state index in [1.165, 1.54) is 76.2 Å². The van der Waals surface area contributed by atoms with Gasteiger partial charge in [0.25, 0.3) is 0 Å². The summed E-state index contributed by atoms with van der Waals surface area (Å²) >= 11 is 0. The van der Waals surface area contributed by atoms with Gasteiger partial charge in [-0.15, -0.1) is 0 Å². The van der Waals surface area contributed by atoms with Crippen molar-refractivity contribution in [1.29, 1.82) is 0 Å². The van der Waals surface area contributed by atoms with E-state index in [1.54, 1.807) is 0 Å². The number of rotatable bonds is 17. The summed E-state index contributed by atoms with van der Waals surface area (Å²) < 4.78 is 6.11. The molecule has 0 spiro atoms. The normalized spacial score (nSPS) is 12.0. The first-order chi connectivity index (χ1) is 17.7. The Kier molecular flexibility index (Phi) is 12.5. The molecule has 2 aromatic carbocycles. The van der Waals surface area contributed by atoms with Crippen LogP contribution in [0.3, 0.4) is 0 Å². The van der Waals surface area contributed by atoms with Crippen molar-refractivity contribution in [3.8, 4) is 28.3 Å². The molecule has 194 valence electrons. The van der Waals surface area contributed by atoms with E-state index in [0.29, 0.717) is 0 Å². The van der Waals surface area contributed by atoms with Crippen LogP contribution in [0.25, 0.3) is 22.5 Å². The van der Waals surface area contributed by atoms with Crippen LogP contribution >= 0.6 is 0 Å². The maximum absolute atomic E-state index is 6.11. The lowest BCUT2D eigenvalue weighted by atomic mass is 10.0. The highest BCUT2D eigenvalue weighted by Crippen LogP contribution is 2.24. The van der Waals surface area contributed by atoms with E-state index < -0.39 is 0 Å².